The van der Waals surface area contributed by atoms with E-state index in [1.54, 1.807) is 24.4 Å². The van der Waals surface area contributed by atoms with Gasteiger partial charge in [0.15, 0.2) is 0 Å². The number of halogens is 1. The van der Waals surface area contributed by atoms with Gasteiger partial charge in [0.25, 0.3) is 0 Å². The van der Waals surface area contributed by atoms with E-state index in [4.69, 9.17) is 11.6 Å². The number of benzene rings is 1. The maximum atomic E-state index is 10.0. The minimum Gasteiger partial charge on any atom is -0.506 e. The van der Waals surface area contributed by atoms with Gasteiger partial charge in [-0.1, -0.05) is 17.7 Å². The predicted molar refractivity (Wildman–Crippen MR) is 100 cm³/mol. The van der Waals surface area contributed by atoms with Crippen molar-refractivity contribution < 1.29 is 5.11 Å². The highest BCUT2D eigenvalue weighted by Gasteiger charge is 2.10. The second-order valence-corrected chi connectivity index (χ2v) is 6.20. The molecule has 0 aliphatic carbocycles. The summed E-state index contributed by atoms with van der Waals surface area (Å²) in [5.74, 6) is 1.08. The van der Waals surface area contributed by atoms with Gasteiger partial charge in [-0.3, -0.25) is 4.98 Å². The van der Waals surface area contributed by atoms with Crippen molar-refractivity contribution in [3.8, 4) is 17.1 Å². The maximum Gasteiger partial charge on any atom is 0.225 e. The van der Waals surface area contributed by atoms with Crippen molar-refractivity contribution in [2.45, 2.75) is 19.9 Å². The van der Waals surface area contributed by atoms with Gasteiger partial charge in [0.1, 0.15) is 11.6 Å². The number of pyridine rings is 1. The first-order valence-electron chi connectivity index (χ1n) is 7.84. The largest absolute Gasteiger partial charge is 0.506 e. The van der Waals surface area contributed by atoms with E-state index in [0.717, 1.165) is 5.69 Å². The number of phenolic OH excluding ortho intramolecular Hbond substituents is 1. The minimum atomic E-state index is 0.0840. The van der Waals surface area contributed by atoms with Crippen LogP contribution in [0.5, 0.6) is 5.75 Å². The number of anilines is 3. The Morgan fingerprint density at radius 1 is 1.04 bits per heavy atom. The summed E-state index contributed by atoms with van der Waals surface area (Å²) in [5.41, 5.74) is 1.87. The number of nitrogens with one attached hydrogen (secondary N) is 2. The van der Waals surface area contributed by atoms with Crippen LogP contribution in [0.1, 0.15) is 13.8 Å². The number of aromatic nitrogens is 3. The van der Waals surface area contributed by atoms with E-state index in [1.165, 1.54) is 6.07 Å². The smallest absolute Gasteiger partial charge is 0.225 e. The van der Waals surface area contributed by atoms with Crippen LogP contribution < -0.4 is 10.6 Å². The molecule has 2 heterocycles. The van der Waals surface area contributed by atoms with Gasteiger partial charge in [-0.25, -0.2) is 4.98 Å². The Bertz CT molecular complexity index is 871. The number of rotatable bonds is 5. The van der Waals surface area contributed by atoms with Gasteiger partial charge in [-0.2, -0.15) is 4.98 Å². The van der Waals surface area contributed by atoms with Gasteiger partial charge in [-0.05, 0) is 44.2 Å². The highest BCUT2D eigenvalue weighted by molar-refractivity contribution is 6.30. The maximum absolute atomic E-state index is 10.0. The average Bonchev–Trinajstić information content (AvgIpc) is 2.58. The number of phenols is 1. The number of nitrogens with zero attached hydrogens (tertiary/aromatic N) is 3. The van der Waals surface area contributed by atoms with Crippen molar-refractivity contribution in [2.75, 3.05) is 10.6 Å². The molecule has 0 radical (unpaired) electrons. The van der Waals surface area contributed by atoms with E-state index >= 15 is 0 Å². The lowest BCUT2D eigenvalue weighted by Crippen LogP contribution is -2.13. The summed E-state index contributed by atoms with van der Waals surface area (Å²) < 4.78 is 0. The molecule has 128 valence electrons. The molecule has 0 unspecified atom stereocenters. The van der Waals surface area contributed by atoms with Crippen LogP contribution in [0.25, 0.3) is 11.4 Å². The van der Waals surface area contributed by atoms with Crippen molar-refractivity contribution in [1.82, 2.24) is 15.0 Å². The van der Waals surface area contributed by atoms with Crippen molar-refractivity contribution >= 4 is 29.1 Å². The Kier molecular flexibility index (Phi) is 5.00. The lowest BCUT2D eigenvalue weighted by Gasteiger charge is -2.13. The standard InChI is InChI=1S/C18H18ClN5O/c1-11(2)21-18-23-14(13-5-3-4-8-20-13)10-17(24-18)22-15-9-12(19)6-7-16(15)25/h3-11,25H,1-2H3,(H2,21,22,23,24). The summed E-state index contributed by atoms with van der Waals surface area (Å²) in [4.78, 5) is 13.3. The number of hydrogen-bond donors (Lipinski definition) is 3. The van der Waals surface area contributed by atoms with Crippen LogP contribution in [0.15, 0.2) is 48.7 Å². The summed E-state index contributed by atoms with van der Waals surface area (Å²) in [5, 5.41) is 16.8. The van der Waals surface area contributed by atoms with Crippen LogP contribution in [0.2, 0.25) is 5.02 Å². The molecule has 6 nitrogen and oxygen atoms in total. The summed E-state index contributed by atoms with van der Waals surface area (Å²) in [6, 6.07) is 12.3. The molecule has 1 aromatic carbocycles. The van der Waals surface area contributed by atoms with Gasteiger partial charge in [-0.15, -0.1) is 0 Å². The van der Waals surface area contributed by atoms with Crippen LogP contribution in [-0.4, -0.2) is 26.1 Å². The molecule has 0 bridgehead atoms. The highest BCUT2D eigenvalue weighted by Crippen LogP contribution is 2.30. The van der Waals surface area contributed by atoms with Gasteiger partial charge in [0.05, 0.1) is 17.1 Å². The molecule has 3 rings (SSSR count). The van der Waals surface area contributed by atoms with E-state index in [-0.39, 0.29) is 11.8 Å². The molecule has 0 fully saturated rings. The lowest BCUT2D eigenvalue weighted by atomic mass is 10.2. The summed E-state index contributed by atoms with van der Waals surface area (Å²) in [6.07, 6.45) is 1.71. The van der Waals surface area contributed by atoms with E-state index < -0.39 is 0 Å². The third kappa shape index (κ3) is 4.36. The molecule has 7 heteroatoms. The third-order valence-corrected chi connectivity index (χ3v) is 3.53. The van der Waals surface area contributed by atoms with Crippen molar-refractivity contribution in [2.24, 2.45) is 0 Å². The van der Waals surface area contributed by atoms with E-state index in [2.05, 4.69) is 25.6 Å². The second kappa shape index (κ2) is 7.36. The van der Waals surface area contributed by atoms with Crippen molar-refractivity contribution in [3.05, 3.63) is 53.7 Å². The molecule has 0 atom stereocenters. The predicted octanol–water partition coefficient (Wildman–Crippen LogP) is 4.46. The van der Waals surface area contributed by atoms with Crippen LogP contribution in [0.4, 0.5) is 17.5 Å². The fourth-order valence-electron chi connectivity index (χ4n) is 2.23. The first-order valence-corrected chi connectivity index (χ1v) is 8.21. The van der Waals surface area contributed by atoms with E-state index in [9.17, 15) is 5.11 Å². The minimum absolute atomic E-state index is 0.0840. The molecule has 2 aromatic heterocycles. The monoisotopic (exact) mass is 355 g/mol. The molecule has 3 N–H and O–H groups in total. The Hall–Kier alpha value is -2.86. The molecular weight excluding hydrogens is 338 g/mol. The van der Waals surface area contributed by atoms with Crippen molar-refractivity contribution in [1.29, 1.82) is 0 Å². The van der Waals surface area contributed by atoms with Gasteiger partial charge < -0.3 is 15.7 Å². The third-order valence-electron chi connectivity index (χ3n) is 3.29. The molecule has 0 spiro atoms. The number of aromatic hydroxyl groups is 1. The first-order chi connectivity index (χ1) is 12.0. The summed E-state index contributed by atoms with van der Waals surface area (Å²) in [7, 11) is 0. The SMILES string of the molecule is CC(C)Nc1nc(Nc2cc(Cl)ccc2O)cc(-c2ccccn2)n1. The Morgan fingerprint density at radius 3 is 2.60 bits per heavy atom. The lowest BCUT2D eigenvalue weighted by molar-refractivity contribution is 0.477. The average molecular weight is 356 g/mol. The molecule has 0 saturated heterocycles. The van der Waals surface area contributed by atoms with E-state index in [0.29, 0.717) is 28.2 Å². The van der Waals surface area contributed by atoms with Crippen LogP contribution in [0, 0.1) is 0 Å². The molecular formula is C18H18ClN5O. The zero-order valence-corrected chi connectivity index (χ0v) is 14.6. The normalized spacial score (nSPS) is 10.7. The van der Waals surface area contributed by atoms with Gasteiger partial charge in [0.2, 0.25) is 5.95 Å². The zero-order valence-electron chi connectivity index (χ0n) is 13.9. The highest BCUT2D eigenvalue weighted by atomic mass is 35.5. The Balaban J connectivity index is 2.01. The van der Waals surface area contributed by atoms with Crippen LogP contribution >= 0.6 is 11.6 Å². The number of hydrogen-bond acceptors (Lipinski definition) is 6. The van der Waals surface area contributed by atoms with Gasteiger partial charge in [0, 0.05) is 23.3 Å². The zero-order chi connectivity index (χ0) is 17.8. The topological polar surface area (TPSA) is 83.0 Å². The fraction of sp³-hybridized carbons (Fsp3) is 0.167. The van der Waals surface area contributed by atoms with Crippen molar-refractivity contribution in [3.63, 3.8) is 0 Å². The molecule has 0 saturated carbocycles. The fourth-order valence-corrected chi connectivity index (χ4v) is 2.40. The molecule has 0 amide bonds. The molecule has 0 aliphatic rings. The van der Waals surface area contributed by atoms with Crippen LogP contribution in [0.3, 0.4) is 0 Å². The van der Waals surface area contributed by atoms with E-state index in [1.807, 2.05) is 32.0 Å². The quantitative estimate of drug-likeness (QED) is 0.586. The second-order valence-electron chi connectivity index (χ2n) is 5.76. The molecule has 25 heavy (non-hydrogen) atoms. The molecule has 3 aromatic rings. The van der Waals surface area contributed by atoms with Crippen LogP contribution in [-0.2, 0) is 0 Å². The summed E-state index contributed by atoms with van der Waals surface area (Å²) in [6.45, 7) is 4.01. The van der Waals surface area contributed by atoms with Gasteiger partial charge >= 0.3 is 0 Å². The Labute approximate surface area is 150 Å². The first kappa shape index (κ1) is 17.0. The molecule has 0 aliphatic heterocycles. The summed E-state index contributed by atoms with van der Waals surface area (Å²) >= 11 is 6.00. The Morgan fingerprint density at radius 2 is 1.88 bits per heavy atom.